The summed E-state index contributed by atoms with van der Waals surface area (Å²) in [7, 11) is 1.60. The summed E-state index contributed by atoms with van der Waals surface area (Å²) in [5.74, 6) is 0.343. The van der Waals surface area contributed by atoms with Crippen LogP contribution < -0.4 is 21.3 Å². The van der Waals surface area contributed by atoms with Crippen molar-refractivity contribution in [1.29, 1.82) is 0 Å². The zero-order valence-electron chi connectivity index (χ0n) is 14.1. The van der Waals surface area contributed by atoms with Crippen LogP contribution in [0.15, 0.2) is 46.1 Å². The first kappa shape index (κ1) is 17.6. The van der Waals surface area contributed by atoms with Gasteiger partial charge in [0.2, 0.25) is 5.91 Å². The maximum absolute atomic E-state index is 12.1. The molecule has 0 bridgehead atoms. The molecule has 3 rings (SSSR count). The first-order valence-electron chi connectivity index (χ1n) is 7.68. The second-order valence-corrected chi connectivity index (χ2v) is 6.64. The number of carbonyl (C=O) groups is 1. The number of thiazole rings is 1. The number of aromatic nitrogens is 3. The summed E-state index contributed by atoms with van der Waals surface area (Å²) >= 11 is 1.35. The first-order chi connectivity index (χ1) is 12.5. The largest absolute Gasteiger partial charge is 0.497 e. The van der Waals surface area contributed by atoms with E-state index in [9.17, 15) is 14.4 Å². The van der Waals surface area contributed by atoms with Gasteiger partial charge in [0.05, 0.1) is 12.8 Å². The van der Waals surface area contributed by atoms with E-state index >= 15 is 0 Å². The number of nitrogens with zero attached hydrogens (tertiary/aromatic N) is 2. The molecule has 0 saturated heterocycles. The highest BCUT2D eigenvalue weighted by molar-refractivity contribution is 7.16. The Balaban J connectivity index is 1.75. The molecule has 0 spiro atoms. The molecule has 2 aromatic heterocycles. The zero-order chi connectivity index (χ0) is 18.7. The molecule has 0 atom stereocenters. The molecular formula is C17H16N4O4S. The average molecular weight is 372 g/mol. The number of hydrogen-bond donors (Lipinski definition) is 2. The lowest BCUT2D eigenvalue weighted by atomic mass is 10.1. The van der Waals surface area contributed by atoms with Crippen LogP contribution in [0.5, 0.6) is 5.75 Å². The van der Waals surface area contributed by atoms with Gasteiger partial charge in [-0.15, -0.1) is 11.3 Å². The summed E-state index contributed by atoms with van der Waals surface area (Å²) in [5, 5.41) is 3.12. The van der Waals surface area contributed by atoms with Crippen molar-refractivity contribution in [3.8, 4) is 17.0 Å². The third-order valence-corrected chi connectivity index (χ3v) is 4.50. The molecule has 0 unspecified atom stereocenters. The summed E-state index contributed by atoms with van der Waals surface area (Å²) in [5.41, 5.74) is 0.541. The van der Waals surface area contributed by atoms with Crippen molar-refractivity contribution < 1.29 is 9.53 Å². The van der Waals surface area contributed by atoms with Gasteiger partial charge in [-0.05, 0) is 31.2 Å². The number of aryl methyl sites for hydroxylation is 1. The number of hydrogen-bond acceptors (Lipinski definition) is 6. The fourth-order valence-electron chi connectivity index (χ4n) is 2.35. The number of carbonyl (C=O) groups excluding carboxylic acids is 1. The number of benzene rings is 1. The highest BCUT2D eigenvalue weighted by Gasteiger charge is 2.13. The van der Waals surface area contributed by atoms with Crippen LogP contribution in [0.25, 0.3) is 11.3 Å². The molecule has 0 aliphatic heterocycles. The maximum Gasteiger partial charge on any atom is 0.328 e. The van der Waals surface area contributed by atoms with Crippen LogP contribution in [0.2, 0.25) is 0 Å². The van der Waals surface area contributed by atoms with Crippen molar-refractivity contribution in [3.05, 3.63) is 62.2 Å². The third kappa shape index (κ3) is 3.89. The standard InChI is InChI=1S/C17H16N4O4S/c1-10-15(11-3-5-12(25-2)6-4-11)20-16(26-10)18-14(23)9-21-8-7-13(22)19-17(21)24/h3-8H,9H2,1-2H3,(H,18,20,23)(H,19,22,24). The molecule has 0 radical (unpaired) electrons. The van der Waals surface area contributed by atoms with Crippen LogP contribution in [0.3, 0.4) is 0 Å². The number of nitrogens with one attached hydrogen (secondary N) is 2. The van der Waals surface area contributed by atoms with Crippen LogP contribution in [-0.2, 0) is 11.3 Å². The van der Waals surface area contributed by atoms with Crippen LogP contribution in [0, 0.1) is 6.92 Å². The van der Waals surface area contributed by atoms with E-state index in [1.165, 1.54) is 23.6 Å². The Labute approximate surface area is 152 Å². The predicted octanol–water partition coefficient (Wildman–Crippen LogP) is 1.62. The topological polar surface area (TPSA) is 106 Å². The van der Waals surface area contributed by atoms with Crippen molar-refractivity contribution in [3.63, 3.8) is 0 Å². The Morgan fingerprint density at radius 2 is 2.00 bits per heavy atom. The summed E-state index contributed by atoms with van der Waals surface area (Å²) in [4.78, 5) is 42.3. The summed E-state index contributed by atoms with van der Waals surface area (Å²) in [6.07, 6.45) is 1.27. The van der Waals surface area contributed by atoms with E-state index in [2.05, 4.69) is 15.3 Å². The monoisotopic (exact) mass is 372 g/mol. The summed E-state index contributed by atoms with van der Waals surface area (Å²) in [6.45, 7) is 1.70. The Morgan fingerprint density at radius 3 is 2.65 bits per heavy atom. The molecule has 9 heteroatoms. The van der Waals surface area contributed by atoms with Gasteiger partial charge in [-0.1, -0.05) is 0 Å². The normalized spacial score (nSPS) is 10.5. The highest BCUT2D eigenvalue weighted by atomic mass is 32.1. The molecular weight excluding hydrogens is 356 g/mol. The number of aromatic amines is 1. The quantitative estimate of drug-likeness (QED) is 0.708. The Morgan fingerprint density at radius 1 is 1.27 bits per heavy atom. The molecule has 0 aliphatic rings. The van der Waals surface area contributed by atoms with Gasteiger partial charge < -0.3 is 10.1 Å². The van der Waals surface area contributed by atoms with Crippen molar-refractivity contribution in [1.82, 2.24) is 14.5 Å². The second kappa shape index (κ2) is 7.36. The molecule has 134 valence electrons. The van der Waals surface area contributed by atoms with Crippen molar-refractivity contribution in [2.45, 2.75) is 13.5 Å². The van der Waals surface area contributed by atoms with Gasteiger partial charge in [0.1, 0.15) is 12.3 Å². The molecule has 3 aromatic rings. The summed E-state index contributed by atoms with van der Waals surface area (Å²) < 4.78 is 6.25. The molecule has 2 heterocycles. The van der Waals surface area contributed by atoms with E-state index in [0.717, 1.165) is 26.5 Å². The van der Waals surface area contributed by atoms with Gasteiger partial charge >= 0.3 is 5.69 Å². The van der Waals surface area contributed by atoms with Gasteiger partial charge in [-0.3, -0.25) is 19.1 Å². The van der Waals surface area contributed by atoms with E-state index in [-0.39, 0.29) is 6.54 Å². The molecule has 1 amide bonds. The van der Waals surface area contributed by atoms with Crippen molar-refractivity contribution in [2.75, 3.05) is 12.4 Å². The lowest BCUT2D eigenvalue weighted by Crippen LogP contribution is -2.32. The molecule has 26 heavy (non-hydrogen) atoms. The molecule has 0 fully saturated rings. The fraction of sp³-hybridized carbons (Fsp3) is 0.176. The van der Waals surface area contributed by atoms with Crippen LogP contribution >= 0.6 is 11.3 Å². The molecule has 2 N–H and O–H groups in total. The van der Waals surface area contributed by atoms with E-state index < -0.39 is 17.2 Å². The van der Waals surface area contributed by atoms with Crippen LogP contribution in [0.4, 0.5) is 5.13 Å². The van der Waals surface area contributed by atoms with Crippen LogP contribution in [0.1, 0.15) is 4.88 Å². The summed E-state index contributed by atoms with van der Waals surface area (Å²) in [6, 6.07) is 8.66. The minimum Gasteiger partial charge on any atom is -0.497 e. The lowest BCUT2D eigenvalue weighted by molar-refractivity contribution is -0.116. The van der Waals surface area contributed by atoms with E-state index in [1.807, 2.05) is 31.2 Å². The first-order valence-corrected chi connectivity index (χ1v) is 8.49. The predicted molar refractivity (Wildman–Crippen MR) is 98.8 cm³/mol. The van der Waals surface area contributed by atoms with Gasteiger partial charge in [-0.25, -0.2) is 9.78 Å². The van der Waals surface area contributed by atoms with Gasteiger partial charge in [0.15, 0.2) is 5.13 Å². The number of H-pyrrole nitrogens is 1. The Hall–Kier alpha value is -3.20. The van der Waals surface area contributed by atoms with Gasteiger partial charge in [-0.2, -0.15) is 0 Å². The highest BCUT2D eigenvalue weighted by Crippen LogP contribution is 2.31. The maximum atomic E-state index is 12.1. The number of anilines is 1. The van der Waals surface area contributed by atoms with Gasteiger partial charge in [0, 0.05) is 22.7 Å². The minimum atomic E-state index is -0.637. The number of ether oxygens (including phenoxy) is 1. The number of methoxy groups -OCH3 is 1. The molecule has 0 saturated carbocycles. The number of rotatable bonds is 5. The van der Waals surface area contributed by atoms with Crippen LogP contribution in [-0.4, -0.2) is 27.6 Å². The lowest BCUT2D eigenvalue weighted by Gasteiger charge is -2.04. The van der Waals surface area contributed by atoms with E-state index in [0.29, 0.717) is 5.13 Å². The average Bonchev–Trinajstić information content (AvgIpc) is 2.97. The zero-order valence-corrected chi connectivity index (χ0v) is 14.9. The van der Waals surface area contributed by atoms with E-state index in [4.69, 9.17) is 4.74 Å². The smallest absolute Gasteiger partial charge is 0.328 e. The fourth-order valence-corrected chi connectivity index (χ4v) is 3.20. The van der Waals surface area contributed by atoms with Gasteiger partial charge in [0.25, 0.3) is 5.56 Å². The molecule has 8 nitrogen and oxygen atoms in total. The van der Waals surface area contributed by atoms with Crippen molar-refractivity contribution in [2.24, 2.45) is 0 Å². The number of amides is 1. The molecule has 0 aliphatic carbocycles. The molecule has 1 aromatic carbocycles. The Bertz CT molecular complexity index is 1050. The third-order valence-electron chi connectivity index (χ3n) is 3.62. The van der Waals surface area contributed by atoms with E-state index in [1.54, 1.807) is 7.11 Å². The second-order valence-electron chi connectivity index (χ2n) is 5.44. The SMILES string of the molecule is COc1ccc(-c2nc(NC(=O)Cn3ccc(=O)[nH]c3=O)sc2C)cc1. The van der Waals surface area contributed by atoms with Crippen molar-refractivity contribution >= 4 is 22.4 Å². The minimum absolute atomic E-state index is 0.216. The Kier molecular flexibility index (Phi) is 4.99.